The molecule has 14 heavy (non-hydrogen) atoms. The Labute approximate surface area is 90.8 Å². The lowest BCUT2D eigenvalue weighted by Gasteiger charge is -2.09. The predicted octanol–water partition coefficient (Wildman–Crippen LogP) is 1.08. The largest absolute Gasteiger partial charge is 0.464 e. The van der Waals surface area contributed by atoms with Gasteiger partial charge in [0.15, 0.2) is 9.35 Å². The van der Waals surface area contributed by atoms with Crippen LogP contribution in [0.1, 0.15) is 18.0 Å². The van der Waals surface area contributed by atoms with Gasteiger partial charge < -0.3 is 9.47 Å². The molecule has 1 atom stereocenters. The Morgan fingerprint density at radius 3 is 2.79 bits per heavy atom. The second-order valence-corrected chi connectivity index (χ2v) is 4.03. The fourth-order valence-electron chi connectivity index (χ4n) is 0.848. The smallest absolute Gasteiger partial charge is 0.342 e. The molecule has 78 valence electrons. The van der Waals surface area contributed by atoms with E-state index in [4.69, 9.17) is 9.47 Å². The zero-order valence-electron chi connectivity index (χ0n) is 7.76. The Morgan fingerprint density at radius 1 is 1.64 bits per heavy atom. The Kier molecular flexibility index (Phi) is 4.30. The number of esters is 1. The van der Waals surface area contributed by atoms with Crippen LogP contribution in [0.3, 0.4) is 0 Å². The van der Waals surface area contributed by atoms with Crippen LogP contribution in [0.2, 0.25) is 0 Å². The van der Waals surface area contributed by atoms with E-state index in [0.29, 0.717) is 16.0 Å². The van der Waals surface area contributed by atoms with Gasteiger partial charge in [-0.25, -0.2) is 4.79 Å². The summed E-state index contributed by atoms with van der Waals surface area (Å²) < 4.78 is 10.3. The molecule has 0 spiro atoms. The van der Waals surface area contributed by atoms with Gasteiger partial charge in [0.1, 0.15) is 0 Å². The summed E-state index contributed by atoms with van der Waals surface area (Å²) in [7, 11) is 1.42. The number of ether oxygens (including phenoxy) is 2. The van der Waals surface area contributed by atoms with Gasteiger partial charge in [0.25, 0.3) is 0 Å². The van der Waals surface area contributed by atoms with Gasteiger partial charge in [0.2, 0.25) is 6.10 Å². The molecule has 1 aromatic rings. The fourth-order valence-corrected chi connectivity index (χ4v) is 1.82. The summed E-state index contributed by atoms with van der Waals surface area (Å²) in [6.45, 7) is 2.04. The number of thiol groups is 1. The average Bonchev–Trinajstić information content (AvgIpc) is 2.54. The number of carbonyl (C=O) groups is 1. The van der Waals surface area contributed by atoms with Gasteiger partial charge in [-0.15, -0.1) is 22.8 Å². The van der Waals surface area contributed by atoms with Gasteiger partial charge in [0.05, 0.1) is 6.61 Å². The number of rotatable bonds is 4. The van der Waals surface area contributed by atoms with Crippen LogP contribution in [-0.2, 0) is 14.3 Å². The molecule has 0 saturated carbocycles. The SMILES string of the molecule is CCOC(=O)C(OC)c1nnc(S)s1. The standard InChI is InChI=1S/C7H10N2O3S2/c1-3-12-6(10)4(11-2)5-8-9-7(13)14-5/h4H,3H2,1-2H3,(H,9,13). The molecule has 0 aromatic carbocycles. The number of aromatic nitrogens is 2. The number of nitrogens with zero attached hydrogens (tertiary/aromatic N) is 2. The lowest BCUT2D eigenvalue weighted by atomic mass is 10.4. The van der Waals surface area contributed by atoms with Crippen molar-refractivity contribution in [2.75, 3.05) is 13.7 Å². The molecule has 5 nitrogen and oxygen atoms in total. The summed E-state index contributed by atoms with van der Waals surface area (Å²) in [5, 5.41) is 7.88. The Morgan fingerprint density at radius 2 is 2.36 bits per heavy atom. The molecule has 7 heteroatoms. The third-order valence-corrected chi connectivity index (χ3v) is 2.52. The molecule has 0 aliphatic rings. The van der Waals surface area contributed by atoms with E-state index in [-0.39, 0.29) is 0 Å². The summed E-state index contributed by atoms with van der Waals surface area (Å²) >= 11 is 5.19. The van der Waals surface area contributed by atoms with Crippen molar-refractivity contribution in [1.82, 2.24) is 10.2 Å². The second kappa shape index (κ2) is 5.28. The van der Waals surface area contributed by atoms with Crippen LogP contribution in [-0.4, -0.2) is 29.9 Å². The lowest BCUT2D eigenvalue weighted by Crippen LogP contribution is -2.17. The first-order valence-corrected chi connectivity index (χ1v) is 5.17. The van der Waals surface area contributed by atoms with Gasteiger partial charge in [-0.05, 0) is 6.92 Å². The molecule has 0 saturated heterocycles. The topological polar surface area (TPSA) is 61.3 Å². The Bertz CT molecular complexity index is 316. The molecule has 1 unspecified atom stereocenters. The molecule has 0 bridgehead atoms. The minimum Gasteiger partial charge on any atom is -0.464 e. The van der Waals surface area contributed by atoms with E-state index >= 15 is 0 Å². The van der Waals surface area contributed by atoms with Crippen molar-refractivity contribution in [3.63, 3.8) is 0 Å². The zero-order chi connectivity index (χ0) is 10.6. The van der Waals surface area contributed by atoms with Gasteiger partial charge in [-0.2, -0.15) is 0 Å². The first-order chi connectivity index (χ1) is 6.69. The van der Waals surface area contributed by atoms with Crippen molar-refractivity contribution >= 4 is 29.9 Å². The highest BCUT2D eigenvalue weighted by atomic mass is 32.2. The van der Waals surface area contributed by atoms with E-state index < -0.39 is 12.1 Å². The van der Waals surface area contributed by atoms with E-state index in [9.17, 15) is 4.79 Å². The van der Waals surface area contributed by atoms with E-state index in [0.717, 1.165) is 0 Å². The summed E-state index contributed by atoms with van der Waals surface area (Å²) in [5.74, 6) is -0.459. The number of hydrogen-bond acceptors (Lipinski definition) is 7. The maximum Gasteiger partial charge on any atom is 0.342 e. The summed E-state index contributed by atoms with van der Waals surface area (Å²) in [5.41, 5.74) is 0. The van der Waals surface area contributed by atoms with Crippen LogP contribution >= 0.6 is 24.0 Å². The highest BCUT2D eigenvalue weighted by molar-refractivity contribution is 7.82. The highest BCUT2D eigenvalue weighted by Crippen LogP contribution is 2.23. The molecule has 1 aromatic heterocycles. The van der Waals surface area contributed by atoms with Crippen LogP contribution in [0, 0.1) is 0 Å². The van der Waals surface area contributed by atoms with E-state index in [1.165, 1.54) is 18.4 Å². The van der Waals surface area contributed by atoms with Crippen molar-refractivity contribution < 1.29 is 14.3 Å². The first-order valence-electron chi connectivity index (χ1n) is 3.90. The Hall–Kier alpha value is -0.660. The van der Waals surface area contributed by atoms with Crippen molar-refractivity contribution in [2.45, 2.75) is 17.4 Å². The number of methoxy groups -OCH3 is 1. The molecule has 0 N–H and O–H groups in total. The van der Waals surface area contributed by atoms with E-state index in [2.05, 4.69) is 22.8 Å². The summed E-state index contributed by atoms with van der Waals surface area (Å²) in [6, 6.07) is 0. The van der Waals surface area contributed by atoms with Crippen LogP contribution in [0.4, 0.5) is 0 Å². The third-order valence-electron chi connectivity index (χ3n) is 1.39. The van der Waals surface area contributed by atoms with Crippen LogP contribution in [0.5, 0.6) is 0 Å². The molecule has 0 amide bonds. The fraction of sp³-hybridized carbons (Fsp3) is 0.571. The van der Waals surface area contributed by atoms with Gasteiger partial charge in [-0.1, -0.05) is 11.3 Å². The monoisotopic (exact) mass is 234 g/mol. The second-order valence-electron chi connectivity index (χ2n) is 2.29. The van der Waals surface area contributed by atoms with Crippen molar-refractivity contribution in [3.05, 3.63) is 5.01 Å². The quantitative estimate of drug-likeness (QED) is 0.624. The highest BCUT2D eigenvalue weighted by Gasteiger charge is 2.25. The first kappa shape index (κ1) is 11.4. The van der Waals surface area contributed by atoms with Crippen molar-refractivity contribution in [3.8, 4) is 0 Å². The normalized spacial score (nSPS) is 12.5. The molecule has 0 aliphatic heterocycles. The predicted molar refractivity (Wildman–Crippen MR) is 53.5 cm³/mol. The molecule has 1 rings (SSSR count). The van der Waals surface area contributed by atoms with Gasteiger partial charge in [0, 0.05) is 7.11 Å². The zero-order valence-corrected chi connectivity index (χ0v) is 9.47. The van der Waals surface area contributed by atoms with Crippen LogP contribution < -0.4 is 0 Å². The van der Waals surface area contributed by atoms with Crippen LogP contribution in [0.15, 0.2) is 4.34 Å². The maximum absolute atomic E-state index is 11.4. The lowest BCUT2D eigenvalue weighted by molar-refractivity contribution is -0.155. The minimum atomic E-state index is -0.798. The van der Waals surface area contributed by atoms with E-state index in [1.807, 2.05) is 0 Å². The van der Waals surface area contributed by atoms with Crippen molar-refractivity contribution in [1.29, 1.82) is 0 Å². The number of hydrogen-bond donors (Lipinski definition) is 1. The number of carbonyl (C=O) groups excluding carboxylic acids is 1. The Balaban J connectivity index is 2.76. The minimum absolute atomic E-state index is 0.311. The molecule has 0 radical (unpaired) electrons. The van der Waals surface area contributed by atoms with Crippen LogP contribution in [0.25, 0.3) is 0 Å². The molecular weight excluding hydrogens is 224 g/mol. The third kappa shape index (κ3) is 2.66. The van der Waals surface area contributed by atoms with Gasteiger partial charge >= 0.3 is 5.97 Å². The summed E-state index contributed by atoms with van der Waals surface area (Å²) in [6.07, 6.45) is -0.798. The molecular formula is C7H10N2O3S2. The average molecular weight is 234 g/mol. The molecule has 1 heterocycles. The summed E-state index contributed by atoms with van der Waals surface area (Å²) in [4.78, 5) is 11.4. The van der Waals surface area contributed by atoms with E-state index in [1.54, 1.807) is 6.92 Å². The maximum atomic E-state index is 11.4. The van der Waals surface area contributed by atoms with Crippen molar-refractivity contribution in [2.24, 2.45) is 0 Å². The van der Waals surface area contributed by atoms with Gasteiger partial charge in [-0.3, -0.25) is 0 Å². The molecule has 0 aliphatic carbocycles. The molecule has 0 fully saturated rings.